The lowest BCUT2D eigenvalue weighted by molar-refractivity contribution is -0.140. The van der Waals surface area contributed by atoms with Crippen molar-refractivity contribution >= 4 is 58.3 Å². The second kappa shape index (κ2) is 12.4. The van der Waals surface area contributed by atoms with Gasteiger partial charge >= 0.3 is 5.97 Å². The van der Waals surface area contributed by atoms with Gasteiger partial charge in [-0.1, -0.05) is 83.1 Å². The third-order valence-electron chi connectivity index (χ3n) is 7.00. The van der Waals surface area contributed by atoms with Crippen LogP contribution in [0.1, 0.15) is 29.9 Å². The van der Waals surface area contributed by atoms with Gasteiger partial charge in [-0.2, -0.15) is 0 Å². The molecule has 0 radical (unpaired) electrons. The summed E-state index contributed by atoms with van der Waals surface area (Å²) in [5.41, 5.74) is 2.83. The van der Waals surface area contributed by atoms with Crippen LogP contribution in [0.4, 0.5) is 0 Å². The molecule has 5 aromatic rings. The minimum atomic E-state index is -0.713. The predicted molar refractivity (Wildman–Crippen MR) is 172 cm³/mol. The van der Waals surface area contributed by atoms with Gasteiger partial charge < -0.3 is 9.15 Å². The van der Waals surface area contributed by atoms with E-state index in [0.29, 0.717) is 47.7 Å². The minimum Gasteiger partial charge on any atom is -0.457 e. The quantitative estimate of drug-likeness (QED) is 0.137. The van der Waals surface area contributed by atoms with Gasteiger partial charge in [-0.25, -0.2) is 9.79 Å². The number of esters is 1. The maximum absolute atomic E-state index is 14.0. The Bertz CT molecular complexity index is 2040. The summed E-state index contributed by atoms with van der Waals surface area (Å²) >= 11 is 15.4. The van der Waals surface area contributed by atoms with E-state index in [1.807, 2.05) is 66.9 Å². The summed E-state index contributed by atoms with van der Waals surface area (Å²) in [5.74, 6) is 0.473. The molecular formula is C33H24Cl2N2O4S2. The Kier molecular flexibility index (Phi) is 8.45. The summed E-state index contributed by atoms with van der Waals surface area (Å²) in [5, 5.41) is 0.809. The molecule has 0 bridgehead atoms. The molecule has 1 aliphatic heterocycles. The number of fused-ring (bicyclic) bond motifs is 1. The van der Waals surface area contributed by atoms with Gasteiger partial charge in [-0.3, -0.25) is 9.36 Å². The van der Waals surface area contributed by atoms with E-state index in [1.165, 1.54) is 11.3 Å². The fraction of sp³-hybridized carbons (Fsp3) is 0.121. The van der Waals surface area contributed by atoms with Crippen LogP contribution < -0.4 is 14.9 Å². The van der Waals surface area contributed by atoms with Gasteiger partial charge in [0.1, 0.15) is 18.1 Å². The number of carbonyl (C=O) groups is 1. The number of thioether (sulfide) groups is 1. The number of aromatic nitrogens is 1. The van der Waals surface area contributed by atoms with Gasteiger partial charge in [-0.05, 0) is 60.7 Å². The van der Waals surface area contributed by atoms with Crippen LogP contribution in [0.15, 0.2) is 115 Å². The molecule has 1 unspecified atom stereocenters. The van der Waals surface area contributed by atoms with Crippen LogP contribution in [-0.2, 0) is 16.1 Å². The van der Waals surface area contributed by atoms with Crippen LogP contribution in [0, 0.1) is 0 Å². The molecule has 0 amide bonds. The van der Waals surface area contributed by atoms with Crippen LogP contribution in [0.2, 0.25) is 10.0 Å². The molecule has 0 aliphatic carbocycles. The van der Waals surface area contributed by atoms with E-state index in [-0.39, 0.29) is 12.2 Å². The molecule has 1 aliphatic rings. The van der Waals surface area contributed by atoms with E-state index in [0.717, 1.165) is 16.0 Å². The molecule has 2 aromatic heterocycles. The Balaban J connectivity index is 1.42. The normalized spacial score (nSPS) is 14.9. The molecule has 6 nitrogen and oxygen atoms in total. The molecule has 216 valence electrons. The number of carbonyl (C=O) groups excluding carboxylic acids is 1. The average molecular weight is 648 g/mol. The maximum atomic E-state index is 14.0. The molecule has 0 N–H and O–H groups in total. The van der Waals surface area contributed by atoms with Crippen LogP contribution in [-0.4, -0.2) is 16.8 Å². The second-order valence-corrected chi connectivity index (χ2v) is 12.4. The summed E-state index contributed by atoms with van der Waals surface area (Å²) in [4.78, 5) is 33.8. The van der Waals surface area contributed by atoms with Crippen molar-refractivity contribution in [2.24, 2.45) is 4.99 Å². The van der Waals surface area contributed by atoms with E-state index >= 15 is 0 Å². The van der Waals surface area contributed by atoms with Gasteiger partial charge in [0.05, 0.1) is 31.9 Å². The highest BCUT2D eigenvalue weighted by Crippen LogP contribution is 2.35. The van der Waals surface area contributed by atoms with Crippen molar-refractivity contribution in [2.75, 3.05) is 6.26 Å². The molecule has 3 aromatic carbocycles. The molecule has 0 saturated heterocycles. The summed E-state index contributed by atoms with van der Waals surface area (Å²) in [7, 11) is 0. The Morgan fingerprint density at radius 1 is 1.05 bits per heavy atom. The zero-order valence-electron chi connectivity index (χ0n) is 23.0. The smallest absolute Gasteiger partial charge is 0.338 e. The van der Waals surface area contributed by atoms with E-state index in [2.05, 4.69) is 4.99 Å². The van der Waals surface area contributed by atoms with Crippen molar-refractivity contribution in [3.8, 4) is 11.3 Å². The van der Waals surface area contributed by atoms with E-state index < -0.39 is 12.0 Å². The number of furan rings is 1. The van der Waals surface area contributed by atoms with Crippen LogP contribution in [0.3, 0.4) is 0 Å². The van der Waals surface area contributed by atoms with Crippen molar-refractivity contribution in [2.45, 2.75) is 24.5 Å². The molecule has 6 rings (SSSR count). The Morgan fingerprint density at radius 3 is 2.56 bits per heavy atom. The number of allylic oxidation sites excluding steroid dienone is 1. The molecular weight excluding hydrogens is 623 g/mol. The van der Waals surface area contributed by atoms with Crippen LogP contribution in [0.5, 0.6) is 0 Å². The number of thiazole rings is 1. The number of nitrogens with zero attached hydrogens (tertiary/aromatic N) is 2. The first-order valence-electron chi connectivity index (χ1n) is 13.3. The molecule has 0 saturated carbocycles. The van der Waals surface area contributed by atoms with Crippen molar-refractivity contribution < 1.29 is 13.9 Å². The first kappa shape index (κ1) is 29.3. The number of ether oxygens (including phenoxy) is 1. The largest absolute Gasteiger partial charge is 0.457 e. The van der Waals surface area contributed by atoms with Crippen molar-refractivity contribution in [1.29, 1.82) is 0 Å². The van der Waals surface area contributed by atoms with Crippen molar-refractivity contribution in [1.82, 2.24) is 4.57 Å². The van der Waals surface area contributed by atoms with E-state index in [9.17, 15) is 9.59 Å². The van der Waals surface area contributed by atoms with Crippen LogP contribution in [0.25, 0.3) is 17.4 Å². The second-order valence-electron chi connectivity index (χ2n) is 9.72. The topological polar surface area (TPSA) is 73.8 Å². The SMILES string of the molecule is CSc1ccc(C2C(C(=O)OCc3ccccc3)=C(C)N=c3sc(=Cc4ccc(-c5cccc(Cl)c5Cl)o4)c(=O)n32)cc1. The summed E-state index contributed by atoms with van der Waals surface area (Å²) in [6.07, 6.45) is 3.67. The zero-order chi connectivity index (χ0) is 30.1. The monoisotopic (exact) mass is 646 g/mol. The molecule has 43 heavy (non-hydrogen) atoms. The number of hydrogen-bond donors (Lipinski definition) is 0. The van der Waals surface area contributed by atoms with Crippen molar-refractivity contribution in [3.63, 3.8) is 0 Å². The molecule has 3 heterocycles. The first-order valence-corrected chi connectivity index (χ1v) is 16.1. The van der Waals surface area contributed by atoms with Gasteiger partial charge in [0.2, 0.25) is 0 Å². The Morgan fingerprint density at radius 2 is 1.81 bits per heavy atom. The van der Waals surface area contributed by atoms with E-state index in [1.54, 1.807) is 53.6 Å². The number of hydrogen-bond acceptors (Lipinski definition) is 7. The third-order valence-corrected chi connectivity index (χ3v) is 9.55. The highest BCUT2D eigenvalue weighted by atomic mass is 35.5. The first-order chi connectivity index (χ1) is 20.8. The lowest BCUT2D eigenvalue weighted by Crippen LogP contribution is -2.39. The van der Waals surface area contributed by atoms with Gasteiger partial charge in [-0.15, -0.1) is 11.8 Å². The lowest BCUT2D eigenvalue weighted by atomic mass is 9.96. The third kappa shape index (κ3) is 5.88. The summed E-state index contributed by atoms with van der Waals surface area (Å²) in [6.45, 7) is 1.88. The predicted octanol–water partition coefficient (Wildman–Crippen LogP) is 7.27. The maximum Gasteiger partial charge on any atom is 0.338 e. The Hall–Kier alpha value is -3.82. The summed E-state index contributed by atoms with van der Waals surface area (Å²) in [6, 6.07) is 25.4. The minimum absolute atomic E-state index is 0.108. The molecule has 0 spiro atoms. The molecule has 1 atom stereocenters. The van der Waals surface area contributed by atoms with Gasteiger partial charge in [0.25, 0.3) is 5.56 Å². The fourth-order valence-electron chi connectivity index (χ4n) is 4.88. The van der Waals surface area contributed by atoms with Crippen LogP contribution >= 0.6 is 46.3 Å². The van der Waals surface area contributed by atoms with E-state index in [4.69, 9.17) is 32.4 Å². The number of rotatable bonds is 7. The number of halogens is 2. The molecule has 0 fully saturated rings. The lowest BCUT2D eigenvalue weighted by Gasteiger charge is -2.25. The highest BCUT2D eigenvalue weighted by molar-refractivity contribution is 7.98. The fourth-order valence-corrected chi connectivity index (χ4v) is 6.71. The van der Waals surface area contributed by atoms with Gasteiger partial charge in [0.15, 0.2) is 4.80 Å². The number of benzene rings is 3. The van der Waals surface area contributed by atoms with Gasteiger partial charge in [0, 0.05) is 16.5 Å². The summed E-state index contributed by atoms with van der Waals surface area (Å²) < 4.78 is 13.7. The average Bonchev–Trinajstić information content (AvgIpc) is 3.61. The van der Waals surface area contributed by atoms with Crippen molar-refractivity contribution in [3.05, 3.63) is 143 Å². The standard InChI is InChI=1S/C33H24Cl2N2O4S2/c1-19-28(32(39)40-18-20-7-4-3-5-8-20)30(21-11-14-23(42-2)15-12-21)37-31(38)27(43-33(37)36-19)17-22-13-16-26(41-22)24-9-6-10-25(34)29(24)35/h3-17,30H,18H2,1-2H3. The Labute approximate surface area is 265 Å². The highest BCUT2D eigenvalue weighted by Gasteiger charge is 2.33. The molecule has 10 heteroatoms. The zero-order valence-corrected chi connectivity index (χ0v) is 26.2.